The van der Waals surface area contributed by atoms with Gasteiger partial charge in [0, 0.05) is 50.9 Å². The highest BCUT2D eigenvalue weighted by molar-refractivity contribution is 5.82. The number of likely N-dealkylation sites (N-methyl/N-ethyl adjacent to an activating group) is 1. The van der Waals surface area contributed by atoms with Gasteiger partial charge in [-0.2, -0.15) is 0 Å². The molecule has 0 radical (unpaired) electrons. The zero-order valence-corrected chi connectivity index (χ0v) is 11.3. The van der Waals surface area contributed by atoms with Crippen LogP contribution in [0.3, 0.4) is 0 Å². The molecule has 0 aromatic rings. The van der Waals surface area contributed by atoms with E-state index in [9.17, 15) is 4.79 Å². The lowest BCUT2D eigenvalue weighted by Crippen LogP contribution is -2.47. The lowest BCUT2D eigenvalue weighted by Gasteiger charge is -2.32. The maximum Gasteiger partial charge on any atom is 0.415 e. The second-order valence-electron chi connectivity index (χ2n) is 4.82. The monoisotopic (exact) mass is 275 g/mol. The van der Waals surface area contributed by atoms with Crippen LogP contribution >= 0.6 is 0 Å². The number of hydrogen-bond acceptors (Lipinski definition) is 6. The van der Waals surface area contributed by atoms with Gasteiger partial charge in [0.1, 0.15) is 5.70 Å². The SMILES string of the molecule is CN1CCN(C(=O)OC2=C3C=NC=CN3NC=C2)CC1. The van der Waals surface area contributed by atoms with Crippen LogP contribution in [0.4, 0.5) is 4.79 Å². The number of ether oxygens (including phenoxy) is 1. The summed E-state index contributed by atoms with van der Waals surface area (Å²) in [6.07, 6.45) is 8.22. The molecule has 1 saturated heterocycles. The Hall–Kier alpha value is -2.28. The Kier molecular flexibility index (Phi) is 3.42. The van der Waals surface area contributed by atoms with Crippen molar-refractivity contribution in [3.05, 3.63) is 36.1 Å². The summed E-state index contributed by atoms with van der Waals surface area (Å²) >= 11 is 0. The third-order valence-electron chi connectivity index (χ3n) is 3.42. The number of hydrazine groups is 1. The molecule has 0 spiro atoms. The van der Waals surface area contributed by atoms with Crippen LogP contribution in [0.2, 0.25) is 0 Å². The molecule has 20 heavy (non-hydrogen) atoms. The summed E-state index contributed by atoms with van der Waals surface area (Å²) in [6.45, 7) is 3.12. The highest BCUT2D eigenvalue weighted by atomic mass is 16.6. The number of nitrogens with one attached hydrogen (secondary N) is 1. The number of carbonyl (C=O) groups is 1. The molecule has 3 rings (SSSR count). The van der Waals surface area contributed by atoms with Crippen LogP contribution in [-0.4, -0.2) is 60.3 Å². The van der Waals surface area contributed by atoms with Gasteiger partial charge in [0.15, 0.2) is 5.76 Å². The minimum atomic E-state index is -0.310. The Morgan fingerprint density at radius 3 is 2.95 bits per heavy atom. The maximum atomic E-state index is 12.2. The van der Waals surface area contributed by atoms with E-state index in [4.69, 9.17) is 4.74 Å². The fourth-order valence-electron chi connectivity index (χ4n) is 2.17. The highest BCUT2D eigenvalue weighted by Crippen LogP contribution is 2.18. The highest BCUT2D eigenvalue weighted by Gasteiger charge is 2.24. The fraction of sp³-hybridized carbons (Fsp3) is 0.385. The van der Waals surface area contributed by atoms with E-state index in [0.29, 0.717) is 18.8 Å². The van der Waals surface area contributed by atoms with Gasteiger partial charge in [0.2, 0.25) is 0 Å². The van der Waals surface area contributed by atoms with Gasteiger partial charge in [-0.3, -0.25) is 10.0 Å². The molecule has 1 N–H and O–H groups in total. The summed E-state index contributed by atoms with van der Waals surface area (Å²) < 4.78 is 5.49. The van der Waals surface area contributed by atoms with Crippen molar-refractivity contribution in [3.63, 3.8) is 0 Å². The first kappa shape index (κ1) is 12.7. The Bertz CT molecular complexity index is 515. The number of rotatable bonds is 1. The molecule has 0 aromatic heterocycles. The van der Waals surface area contributed by atoms with Crippen LogP contribution in [0.15, 0.2) is 41.1 Å². The summed E-state index contributed by atoms with van der Waals surface area (Å²) in [6, 6.07) is 0. The summed E-state index contributed by atoms with van der Waals surface area (Å²) in [5, 5.41) is 1.75. The largest absolute Gasteiger partial charge is 0.415 e. The van der Waals surface area contributed by atoms with E-state index in [-0.39, 0.29) is 6.09 Å². The normalized spacial score (nSPS) is 21.9. The number of hydrogen-bond donors (Lipinski definition) is 1. The molecule has 0 unspecified atom stereocenters. The van der Waals surface area contributed by atoms with Crippen molar-refractivity contribution in [2.75, 3.05) is 33.2 Å². The van der Waals surface area contributed by atoms with E-state index in [1.165, 1.54) is 0 Å². The molecule has 0 aromatic carbocycles. The molecule has 106 valence electrons. The van der Waals surface area contributed by atoms with Crippen molar-refractivity contribution in [1.82, 2.24) is 20.2 Å². The molecule has 0 bridgehead atoms. The zero-order chi connectivity index (χ0) is 13.9. The third kappa shape index (κ3) is 2.53. The maximum absolute atomic E-state index is 12.2. The van der Waals surface area contributed by atoms with Crippen molar-refractivity contribution < 1.29 is 9.53 Å². The van der Waals surface area contributed by atoms with Crippen LogP contribution in [-0.2, 0) is 4.74 Å². The molecule has 3 heterocycles. The Morgan fingerprint density at radius 2 is 2.15 bits per heavy atom. The minimum Gasteiger partial charge on any atom is -0.408 e. The number of piperazine rings is 1. The number of aliphatic imine (C=N–C) groups is 1. The number of amides is 1. The standard InChI is InChI=1S/C13H17N5O2/c1-16-6-8-17(9-7-16)13(19)20-12-2-3-15-18-5-4-14-10-11(12)18/h2-5,10,15H,6-9H2,1H3. The van der Waals surface area contributed by atoms with E-state index < -0.39 is 0 Å². The van der Waals surface area contributed by atoms with Gasteiger partial charge in [-0.25, -0.2) is 4.79 Å². The van der Waals surface area contributed by atoms with E-state index in [1.807, 2.05) is 7.05 Å². The van der Waals surface area contributed by atoms with E-state index >= 15 is 0 Å². The minimum absolute atomic E-state index is 0.310. The Labute approximate surface area is 117 Å². The lowest BCUT2D eigenvalue weighted by molar-refractivity contribution is 0.102. The molecule has 3 aliphatic heterocycles. The molecule has 0 atom stereocenters. The Morgan fingerprint density at radius 1 is 1.35 bits per heavy atom. The predicted octanol–water partition coefficient (Wildman–Crippen LogP) is 0.472. The average molecular weight is 275 g/mol. The first-order valence-corrected chi connectivity index (χ1v) is 6.55. The van der Waals surface area contributed by atoms with Crippen molar-refractivity contribution in [2.24, 2.45) is 4.99 Å². The number of fused-ring (bicyclic) bond motifs is 1. The van der Waals surface area contributed by atoms with Gasteiger partial charge < -0.3 is 20.0 Å². The summed E-state index contributed by atoms with van der Waals surface area (Å²) in [5.74, 6) is 0.501. The van der Waals surface area contributed by atoms with Crippen LogP contribution < -0.4 is 5.43 Å². The van der Waals surface area contributed by atoms with Crippen molar-refractivity contribution in [2.45, 2.75) is 0 Å². The van der Waals surface area contributed by atoms with Crippen LogP contribution in [0.5, 0.6) is 0 Å². The molecule has 7 heteroatoms. The third-order valence-corrected chi connectivity index (χ3v) is 3.42. The smallest absolute Gasteiger partial charge is 0.408 e. The molecule has 0 aliphatic carbocycles. The van der Waals surface area contributed by atoms with Gasteiger partial charge >= 0.3 is 6.09 Å². The van der Waals surface area contributed by atoms with Crippen LogP contribution in [0, 0.1) is 0 Å². The molecular weight excluding hydrogens is 258 g/mol. The van der Waals surface area contributed by atoms with Crippen molar-refractivity contribution in [1.29, 1.82) is 0 Å². The van der Waals surface area contributed by atoms with E-state index in [0.717, 1.165) is 18.8 Å². The number of nitrogens with zero attached hydrogens (tertiary/aromatic N) is 4. The zero-order valence-electron chi connectivity index (χ0n) is 11.3. The molecule has 0 saturated carbocycles. The van der Waals surface area contributed by atoms with Gasteiger partial charge in [0.25, 0.3) is 0 Å². The molecule has 1 fully saturated rings. The second-order valence-corrected chi connectivity index (χ2v) is 4.82. The molecule has 1 amide bonds. The quantitative estimate of drug-likeness (QED) is 0.754. The predicted molar refractivity (Wildman–Crippen MR) is 74.3 cm³/mol. The average Bonchev–Trinajstić information content (AvgIpc) is 2.48. The lowest BCUT2D eigenvalue weighted by atomic mass is 10.3. The molecule has 7 nitrogen and oxygen atoms in total. The molecular formula is C13H17N5O2. The van der Waals surface area contributed by atoms with Crippen LogP contribution in [0.1, 0.15) is 0 Å². The fourth-order valence-corrected chi connectivity index (χ4v) is 2.17. The Balaban J connectivity index is 1.69. The summed E-state index contributed by atoms with van der Waals surface area (Å²) in [5.41, 5.74) is 3.73. The van der Waals surface area contributed by atoms with E-state index in [2.05, 4.69) is 15.3 Å². The first-order chi connectivity index (χ1) is 9.74. The summed E-state index contributed by atoms with van der Waals surface area (Å²) in [7, 11) is 2.05. The number of allylic oxidation sites excluding steroid dienone is 2. The summed E-state index contributed by atoms with van der Waals surface area (Å²) in [4.78, 5) is 20.1. The van der Waals surface area contributed by atoms with Crippen molar-refractivity contribution in [3.8, 4) is 0 Å². The van der Waals surface area contributed by atoms with Crippen LogP contribution in [0.25, 0.3) is 0 Å². The van der Waals surface area contributed by atoms with Gasteiger partial charge in [-0.1, -0.05) is 0 Å². The van der Waals surface area contributed by atoms with Crippen molar-refractivity contribution >= 4 is 12.3 Å². The van der Waals surface area contributed by atoms with Gasteiger partial charge in [-0.05, 0) is 7.05 Å². The number of carbonyl (C=O) groups excluding carboxylic acids is 1. The molecule has 3 aliphatic rings. The topological polar surface area (TPSA) is 60.4 Å². The van der Waals surface area contributed by atoms with E-state index in [1.54, 1.807) is 40.8 Å². The first-order valence-electron chi connectivity index (χ1n) is 6.55. The second kappa shape index (κ2) is 5.38. The van der Waals surface area contributed by atoms with Gasteiger partial charge in [0.05, 0.1) is 6.21 Å². The van der Waals surface area contributed by atoms with Gasteiger partial charge in [-0.15, -0.1) is 0 Å².